The Bertz CT molecular complexity index is 1330. The van der Waals surface area contributed by atoms with E-state index >= 15 is 0 Å². The number of sulfonamides is 1. The molecule has 1 aliphatic rings. The van der Waals surface area contributed by atoms with Crippen LogP contribution in [0.4, 0.5) is 5.82 Å². The Labute approximate surface area is 221 Å². The van der Waals surface area contributed by atoms with Crippen molar-refractivity contribution < 1.29 is 17.9 Å². The summed E-state index contributed by atoms with van der Waals surface area (Å²) in [5.41, 5.74) is 2.15. The summed E-state index contributed by atoms with van der Waals surface area (Å²) in [6.45, 7) is 11.3. The molecule has 1 aliphatic heterocycles. The summed E-state index contributed by atoms with van der Waals surface area (Å²) in [6.07, 6.45) is 3.58. The SMILES string of the molecule is CCOc1cncc(-c2csc(CN3CCN(c4ccc(C(=O)NS(=O)(=O)C(C)(C)C)nn4)CC3)c2)c1. The first-order chi connectivity index (χ1) is 17.6. The molecule has 0 atom stereocenters. The van der Waals surface area contributed by atoms with Crippen molar-refractivity contribution in [2.45, 2.75) is 39.0 Å². The molecule has 4 rings (SSSR count). The summed E-state index contributed by atoms with van der Waals surface area (Å²) in [7, 11) is -3.82. The molecular weight excluding hydrogens is 512 g/mol. The fraction of sp³-hybridized carbons (Fsp3) is 0.440. The standard InChI is InChI=1S/C25H32N6O4S2/c1-5-35-20-12-18(14-26-15-20)19-13-21(36-17-19)16-30-8-10-31(11-9-30)23-7-6-22(27-28-23)24(32)29-37(33,34)25(2,3)4/h6-7,12-15,17H,5,8-11,16H2,1-4H3,(H,29,32). The molecular formula is C25H32N6O4S2. The van der Waals surface area contributed by atoms with Gasteiger partial charge in [-0.05, 0) is 62.9 Å². The minimum atomic E-state index is -3.82. The molecule has 1 saturated heterocycles. The number of piperazine rings is 1. The lowest BCUT2D eigenvalue weighted by molar-refractivity contribution is 0.0974. The van der Waals surface area contributed by atoms with Gasteiger partial charge < -0.3 is 9.64 Å². The molecule has 1 N–H and O–H groups in total. The fourth-order valence-electron chi connectivity index (χ4n) is 3.74. The van der Waals surface area contributed by atoms with Crippen LogP contribution in [0, 0.1) is 0 Å². The van der Waals surface area contributed by atoms with Gasteiger partial charge in [-0.3, -0.25) is 14.7 Å². The first kappa shape index (κ1) is 27.0. The minimum absolute atomic E-state index is 0.0364. The Morgan fingerprint density at radius 3 is 2.49 bits per heavy atom. The molecule has 3 aromatic heterocycles. The summed E-state index contributed by atoms with van der Waals surface area (Å²) in [6, 6.07) is 7.43. The molecule has 0 aromatic carbocycles. The molecule has 0 unspecified atom stereocenters. The number of nitrogens with one attached hydrogen (secondary N) is 1. The lowest BCUT2D eigenvalue weighted by Crippen LogP contribution is -2.46. The lowest BCUT2D eigenvalue weighted by Gasteiger charge is -2.34. The number of hydrogen-bond donors (Lipinski definition) is 1. The highest BCUT2D eigenvalue weighted by Crippen LogP contribution is 2.28. The number of rotatable bonds is 8. The van der Waals surface area contributed by atoms with Gasteiger partial charge in [0, 0.05) is 49.4 Å². The summed E-state index contributed by atoms with van der Waals surface area (Å²) in [5.74, 6) is 0.653. The number of pyridine rings is 1. The van der Waals surface area contributed by atoms with Gasteiger partial charge in [0.05, 0.1) is 17.6 Å². The molecule has 1 amide bonds. The summed E-state index contributed by atoms with van der Waals surface area (Å²) < 4.78 is 31.0. The van der Waals surface area contributed by atoms with Crippen LogP contribution in [0.1, 0.15) is 43.1 Å². The van der Waals surface area contributed by atoms with Crippen LogP contribution in [0.3, 0.4) is 0 Å². The number of nitrogens with zero attached hydrogens (tertiary/aromatic N) is 5. The van der Waals surface area contributed by atoms with Crippen LogP contribution in [0.15, 0.2) is 42.0 Å². The van der Waals surface area contributed by atoms with Crippen LogP contribution in [-0.4, -0.2) is 71.9 Å². The lowest BCUT2D eigenvalue weighted by atomic mass is 10.1. The largest absolute Gasteiger partial charge is 0.492 e. The van der Waals surface area contributed by atoms with E-state index in [1.165, 1.54) is 31.7 Å². The second-order valence-electron chi connectivity index (χ2n) is 9.73. The summed E-state index contributed by atoms with van der Waals surface area (Å²) in [4.78, 5) is 22.4. The Morgan fingerprint density at radius 2 is 1.84 bits per heavy atom. The Kier molecular flexibility index (Phi) is 8.10. The van der Waals surface area contributed by atoms with Gasteiger partial charge in [-0.2, -0.15) is 0 Å². The van der Waals surface area contributed by atoms with Gasteiger partial charge in [0.15, 0.2) is 11.5 Å². The number of amides is 1. The van der Waals surface area contributed by atoms with Gasteiger partial charge in [0.1, 0.15) is 5.75 Å². The van der Waals surface area contributed by atoms with Crippen LogP contribution >= 0.6 is 11.3 Å². The second kappa shape index (κ2) is 11.1. The molecule has 3 aromatic rings. The number of carbonyl (C=O) groups is 1. The quantitative estimate of drug-likeness (QED) is 0.456. The molecule has 10 nitrogen and oxygen atoms in total. The Hall–Kier alpha value is -3.09. The topological polar surface area (TPSA) is 118 Å². The third kappa shape index (κ3) is 6.62. The molecule has 0 radical (unpaired) electrons. The van der Waals surface area contributed by atoms with E-state index < -0.39 is 20.7 Å². The molecule has 198 valence electrons. The van der Waals surface area contributed by atoms with E-state index in [4.69, 9.17) is 4.74 Å². The van der Waals surface area contributed by atoms with Gasteiger partial charge >= 0.3 is 0 Å². The smallest absolute Gasteiger partial charge is 0.285 e. The maximum atomic E-state index is 12.3. The van der Waals surface area contributed by atoms with Gasteiger partial charge in [0.2, 0.25) is 10.0 Å². The highest BCUT2D eigenvalue weighted by molar-refractivity contribution is 7.91. The average Bonchev–Trinajstić information content (AvgIpc) is 3.33. The van der Waals surface area contributed by atoms with Gasteiger partial charge in [0.25, 0.3) is 5.91 Å². The molecule has 1 fully saturated rings. The Morgan fingerprint density at radius 1 is 1.08 bits per heavy atom. The number of aromatic nitrogens is 3. The fourth-order valence-corrected chi connectivity index (χ4v) is 5.32. The third-order valence-electron chi connectivity index (χ3n) is 6.00. The molecule has 0 saturated carbocycles. The van der Waals surface area contributed by atoms with Crippen LogP contribution in [0.25, 0.3) is 11.1 Å². The van der Waals surface area contributed by atoms with E-state index in [1.807, 2.05) is 19.2 Å². The second-order valence-corrected chi connectivity index (χ2v) is 13.2. The van der Waals surface area contributed by atoms with Crippen LogP contribution in [0.5, 0.6) is 5.75 Å². The van der Waals surface area contributed by atoms with Crippen molar-refractivity contribution >= 4 is 33.1 Å². The monoisotopic (exact) mass is 544 g/mol. The zero-order valence-electron chi connectivity index (χ0n) is 21.5. The Balaban J connectivity index is 1.30. The van der Waals surface area contributed by atoms with Gasteiger partial charge in [-0.25, -0.2) is 13.1 Å². The zero-order chi connectivity index (χ0) is 26.6. The molecule has 4 heterocycles. The van der Waals surface area contributed by atoms with E-state index in [9.17, 15) is 13.2 Å². The number of hydrogen-bond acceptors (Lipinski definition) is 10. The number of anilines is 1. The highest BCUT2D eigenvalue weighted by atomic mass is 32.2. The first-order valence-corrected chi connectivity index (χ1v) is 14.5. The van der Waals surface area contributed by atoms with Crippen molar-refractivity contribution in [3.63, 3.8) is 0 Å². The molecule has 37 heavy (non-hydrogen) atoms. The van der Waals surface area contributed by atoms with E-state index in [0.29, 0.717) is 12.4 Å². The molecule has 0 aliphatic carbocycles. The maximum absolute atomic E-state index is 12.3. The maximum Gasteiger partial charge on any atom is 0.285 e. The molecule has 12 heteroatoms. The highest BCUT2D eigenvalue weighted by Gasteiger charge is 2.31. The normalized spacial score (nSPS) is 15.0. The number of ether oxygens (including phenoxy) is 1. The van der Waals surface area contributed by atoms with Gasteiger partial charge in [-0.15, -0.1) is 21.5 Å². The van der Waals surface area contributed by atoms with E-state index in [1.54, 1.807) is 23.6 Å². The van der Waals surface area contributed by atoms with Crippen LogP contribution in [-0.2, 0) is 16.6 Å². The van der Waals surface area contributed by atoms with Crippen molar-refractivity contribution in [2.24, 2.45) is 0 Å². The number of carbonyl (C=O) groups excluding carboxylic acids is 1. The van der Waals surface area contributed by atoms with Crippen LogP contribution in [0.2, 0.25) is 0 Å². The first-order valence-electron chi connectivity index (χ1n) is 12.1. The van der Waals surface area contributed by atoms with Crippen molar-refractivity contribution in [1.29, 1.82) is 0 Å². The van der Waals surface area contributed by atoms with Crippen molar-refractivity contribution in [3.8, 4) is 16.9 Å². The van der Waals surface area contributed by atoms with E-state index in [-0.39, 0.29) is 5.69 Å². The number of thiophene rings is 1. The predicted molar refractivity (Wildman–Crippen MR) is 144 cm³/mol. The van der Waals surface area contributed by atoms with E-state index in [2.05, 4.69) is 41.1 Å². The molecule has 0 spiro atoms. The van der Waals surface area contributed by atoms with Crippen LogP contribution < -0.4 is 14.4 Å². The summed E-state index contributed by atoms with van der Waals surface area (Å²) >= 11 is 1.74. The van der Waals surface area contributed by atoms with E-state index in [0.717, 1.165) is 49.6 Å². The molecule has 0 bridgehead atoms. The van der Waals surface area contributed by atoms with Crippen molar-refractivity contribution in [3.05, 3.63) is 52.6 Å². The third-order valence-corrected chi connectivity index (χ3v) is 8.99. The minimum Gasteiger partial charge on any atom is -0.492 e. The summed E-state index contributed by atoms with van der Waals surface area (Å²) in [5, 5.41) is 10.3. The zero-order valence-corrected chi connectivity index (χ0v) is 23.1. The average molecular weight is 545 g/mol. The van der Waals surface area contributed by atoms with Crippen molar-refractivity contribution in [2.75, 3.05) is 37.7 Å². The predicted octanol–water partition coefficient (Wildman–Crippen LogP) is 3.18. The van der Waals surface area contributed by atoms with Gasteiger partial charge in [-0.1, -0.05) is 0 Å². The van der Waals surface area contributed by atoms with Crippen molar-refractivity contribution in [1.82, 2.24) is 24.8 Å².